The Kier molecular flexibility index (Phi) is 4.04. The number of rotatable bonds is 3. The Hall–Kier alpha value is -2.61. The maximum Gasteiger partial charge on any atom is 0.253 e. The summed E-state index contributed by atoms with van der Waals surface area (Å²) in [5.41, 5.74) is 2.57. The van der Waals surface area contributed by atoms with Gasteiger partial charge in [-0.3, -0.25) is 9.69 Å². The summed E-state index contributed by atoms with van der Waals surface area (Å²) in [5.74, 6) is 1.31. The van der Waals surface area contributed by atoms with E-state index >= 15 is 0 Å². The smallest absolute Gasteiger partial charge is 0.253 e. The normalized spacial score (nSPS) is 16.6. The fourth-order valence-electron chi connectivity index (χ4n) is 3.32. The molecule has 0 spiro atoms. The van der Waals surface area contributed by atoms with Gasteiger partial charge in [-0.25, -0.2) is 4.98 Å². The van der Waals surface area contributed by atoms with Crippen LogP contribution in [0.1, 0.15) is 36.0 Å². The molecule has 0 N–H and O–H groups in total. The number of piperidine rings is 1. The van der Waals surface area contributed by atoms with Crippen molar-refractivity contribution >= 4 is 5.65 Å². The highest BCUT2D eigenvalue weighted by Crippen LogP contribution is 2.27. The Morgan fingerprint density at radius 2 is 2.00 bits per heavy atom. The summed E-state index contributed by atoms with van der Waals surface area (Å²) in [7, 11) is 1.71. The highest BCUT2D eigenvalue weighted by Gasteiger charge is 2.25. The van der Waals surface area contributed by atoms with Crippen molar-refractivity contribution in [2.45, 2.75) is 32.2 Å². The van der Waals surface area contributed by atoms with Crippen LogP contribution in [0.15, 0.2) is 29.3 Å². The Bertz CT molecular complexity index is 953. The lowest BCUT2D eigenvalue weighted by Crippen LogP contribution is -2.34. The largest absolute Gasteiger partial charge is 0.302 e. The van der Waals surface area contributed by atoms with Gasteiger partial charge in [0.25, 0.3) is 5.56 Å². The molecule has 1 aliphatic heterocycles. The van der Waals surface area contributed by atoms with E-state index < -0.39 is 0 Å². The molecule has 8 nitrogen and oxygen atoms in total. The van der Waals surface area contributed by atoms with Crippen LogP contribution in [0.4, 0.5) is 0 Å². The molecule has 1 fully saturated rings. The zero-order valence-corrected chi connectivity index (χ0v) is 14.5. The second-order valence-corrected chi connectivity index (χ2v) is 6.68. The first-order chi connectivity index (χ1) is 12.1. The van der Waals surface area contributed by atoms with Crippen molar-refractivity contribution in [3.05, 3.63) is 52.1 Å². The molecule has 0 aromatic carbocycles. The van der Waals surface area contributed by atoms with E-state index in [1.54, 1.807) is 19.4 Å². The Balaban J connectivity index is 1.44. The summed E-state index contributed by atoms with van der Waals surface area (Å²) in [5, 5.41) is 13.1. The number of hydrogen-bond acceptors (Lipinski definition) is 6. The summed E-state index contributed by atoms with van der Waals surface area (Å²) in [6.07, 6.45) is 3.59. The van der Waals surface area contributed by atoms with Gasteiger partial charge < -0.3 is 4.57 Å². The number of nitrogens with zero attached hydrogens (tertiary/aromatic N) is 7. The predicted molar refractivity (Wildman–Crippen MR) is 92.2 cm³/mol. The summed E-state index contributed by atoms with van der Waals surface area (Å²) in [6.45, 7) is 4.58. The first-order valence-electron chi connectivity index (χ1n) is 8.53. The van der Waals surface area contributed by atoms with Gasteiger partial charge in [0.2, 0.25) is 0 Å². The molecule has 25 heavy (non-hydrogen) atoms. The lowest BCUT2D eigenvalue weighted by Gasteiger charge is -2.30. The number of likely N-dealkylation sites (tertiary alicyclic amines) is 1. The second-order valence-electron chi connectivity index (χ2n) is 6.68. The molecule has 130 valence electrons. The number of aryl methyl sites for hydroxylation is 2. The average molecular weight is 339 g/mol. The van der Waals surface area contributed by atoms with Gasteiger partial charge in [-0.05, 0) is 45.0 Å². The van der Waals surface area contributed by atoms with Gasteiger partial charge in [0.05, 0.1) is 17.7 Å². The van der Waals surface area contributed by atoms with Crippen LogP contribution in [0.3, 0.4) is 0 Å². The van der Waals surface area contributed by atoms with Crippen molar-refractivity contribution in [1.82, 2.24) is 34.3 Å². The van der Waals surface area contributed by atoms with Crippen LogP contribution in [0.5, 0.6) is 0 Å². The van der Waals surface area contributed by atoms with E-state index in [0.29, 0.717) is 12.5 Å². The molecule has 0 atom stereocenters. The summed E-state index contributed by atoms with van der Waals surface area (Å²) >= 11 is 0. The summed E-state index contributed by atoms with van der Waals surface area (Å²) < 4.78 is 3.36. The van der Waals surface area contributed by atoms with E-state index in [1.807, 2.05) is 23.6 Å². The summed E-state index contributed by atoms with van der Waals surface area (Å²) in [6, 6.07) is 5.52. The van der Waals surface area contributed by atoms with E-state index in [1.165, 1.54) is 4.57 Å². The van der Waals surface area contributed by atoms with Crippen molar-refractivity contribution in [1.29, 1.82) is 0 Å². The molecular weight excluding hydrogens is 318 g/mol. The molecule has 1 aliphatic rings. The van der Waals surface area contributed by atoms with E-state index in [9.17, 15) is 4.79 Å². The third-order valence-electron chi connectivity index (χ3n) is 4.79. The van der Waals surface area contributed by atoms with Crippen molar-refractivity contribution in [2.24, 2.45) is 7.05 Å². The van der Waals surface area contributed by atoms with Gasteiger partial charge >= 0.3 is 0 Å². The highest BCUT2D eigenvalue weighted by molar-refractivity contribution is 5.36. The molecule has 8 heteroatoms. The van der Waals surface area contributed by atoms with Crippen LogP contribution in [0.25, 0.3) is 5.65 Å². The van der Waals surface area contributed by atoms with E-state index in [4.69, 9.17) is 0 Å². The zero-order valence-electron chi connectivity index (χ0n) is 14.5. The lowest BCUT2D eigenvalue weighted by molar-refractivity contribution is 0.198. The second kappa shape index (κ2) is 6.36. The monoisotopic (exact) mass is 339 g/mol. The average Bonchev–Trinajstić information content (AvgIpc) is 3.02. The number of aromatic nitrogens is 6. The van der Waals surface area contributed by atoms with Crippen LogP contribution in [0, 0.1) is 6.92 Å². The predicted octanol–water partition coefficient (Wildman–Crippen LogP) is 0.906. The third kappa shape index (κ3) is 3.17. The number of hydrogen-bond donors (Lipinski definition) is 0. The van der Waals surface area contributed by atoms with Crippen LogP contribution in [-0.2, 0) is 13.6 Å². The van der Waals surface area contributed by atoms with Gasteiger partial charge in [-0.15, -0.1) is 10.2 Å². The minimum absolute atomic E-state index is 0.0174. The van der Waals surface area contributed by atoms with E-state index in [-0.39, 0.29) is 5.56 Å². The SMILES string of the molecule is Cc1ccc2nnc(C3CCN(Cc4cc(=O)n(C)cn4)CC3)n2n1. The topological polar surface area (TPSA) is 81.2 Å². The van der Waals surface area contributed by atoms with Gasteiger partial charge in [0.15, 0.2) is 11.5 Å². The Labute approximate surface area is 145 Å². The van der Waals surface area contributed by atoms with Crippen molar-refractivity contribution < 1.29 is 0 Å². The van der Waals surface area contributed by atoms with Gasteiger partial charge in [0, 0.05) is 25.6 Å². The van der Waals surface area contributed by atoms with Gasteiger partial charge in [-0.1, -0.05) is 0 Å². The molecule has 0 aliphatic carbocycles. The van der Waals surface area contributed by atoms with E-state index in [0.717, 1.165) is 48.8 Å². The van der Waals surface area contributed by atoms with Crippen LogP contribution >= 0.6 is 0 Å². The maximum atomic E-state index is 11.7. The molecule has 4 heterocycles. The molecule has 0 bridgehead atoms. The van der Waals surface area contributed by atoms with Gasteiger partial charge in [0.1, 0.15) is 0 Å². The standard InChI is InChI=1S/C17H21N7O/c1-12-3-4-15-19-20-17(24(15)21-12)13-5-7-23(8-6-13)10-14-9-16(25)22(2)11-18-14/h3-4,9,11,13H,5-8,10H2,1-2H3. The molecule has 0 unspecified atom stereocenters. The highest BCUT2D eigenvalue weighted by atomic mass is 16.1. The molecule has 4 rings (SSSR count). The maximum absolute atomic E-state index is 11.7. The van der Waals surface area contributed by atoms with Crippen molar-refractivity contribution in [3.63, 3.8) is 0 Å². The third-order valence-corrected chi connectivity index (χ3v) is 4.79. The Morgan fingerprint density at radius 3 is 2.76 bits per heavy atom. The van der Waals surface area contributed by atoms with Crippen LogP contribution in [0.2, 0.25) is 0 Å². The van der Waals surface area contributed by atoms with Gasteiger partial charge in [-0.2, -0.15) is 9.61 Å². The molecule has 0 saturated carbocycles. The van der Waals surface area contributed by atoms with Crippen molar-refractivity contribution in [3.8, 4) is 0 Å². The molecule has 0 radical (unpaired) electrons. The fraction of sp³-hybridized carbons (Fsp3) is 0.471. The molecule has 3 aromatic heterocycles. The lowest BCUT2D eigenvalue weighted by atomic mass is 9.96. The minimum atomic E-state index is -0.0174. The molecular formula is C17H21N7O. The first-order valence-corrected chi connectivity index (χ1v) is 8.53. The van der Waals surface area contributed by atoms with Crippen LogP contribution < -0.4 is 5.56 Å². The molecule has 3 aromatic rings. The molecule has 0 amide bonds. The quantitative estimate of drug-likeness (QED) is 0.705. The minimum Gasteiger partial charge on any atom is -0.302 e. The fourth-order valence-corrected chi connectivity index (χ4v) is 3.32. The number of fused-ring (bicyclic) bond motifs is 1. The van der Waals surface area contributed by atoms with Crippen LogP contribution in [-0.4, -0.2) is 47.4 Å². The first kappa shape index (κ1) is 15.9. The van der Waals surface area contributed by atoms with E-state index in [2.05, 4.69) is 25.2 Å². The molecule has 1 saturated heterocycles. The summed E-state index contributed by atoms with van der Waals surface area (Å²) in [4.78, 5) is 18.4. The zero-order chi connectivity index (χ0) is 17.4. The van der Waals surface area contributed by atoms with Crippen molar-refractivity contribution in [2.75, 3.05) is 13.1 Å². The Morgan fingerprint density at radius 1 is 1.20 bits per heavy atom.